The lowest BCUT2D eigenvalue weighted by Gasteiger charge is -2.12. The third-order valence-corrected chi connectivity index (χ3v) is 5.43. The molecule has 1 aromatic heterocycles. The molecule has 9 heteroatoms. The zero-order chi connectivity index (χ0) is 20.4. The van der Waals surface area contributed by atoms with Gasteiger partial charge in [0.25, 0.3) is 0 Å². The van der Waals surface area contributed by atoms with Gasteiger partial charge in [-0.3, -0.25) is 0 Å². The number of nitrogens with one attached hydrogen (secondary N) is 3. The van der Waals surface area contributed by atoms with E-state index >= 15 is 0 Å². The number of sulfonamides is 1. The van der Waals surface area contributed by atoms with Gasteiger partial charge in [-0.2, -0.15) is 0 Å². The number of halogens is 1. The molecule has 2 rings (SSSR count). The Hall–Kier alpha value is -1.59. The van der Waals surface area contributed by atoms with Crippen LogP contribution >= 0.6 is 24.0 Å². The third-order valence-electron chi connectivity index (χ3n) is 3.89. The Morgan fingerprint density at radius 2 is 1.69 bits per heavy atom. The van der Waals surface area contributed by atoms with Crippen LogP contribution in [0.2, 0.25) is 0 Å². The topological polar surface area (TPSA) is 87.5 Å². The largest absolute Gasteiger partial charge is 0.357 e. The van der Waals surface area contributed by atoms with Crippen LogP contribution in [0.4, 0.5) is 0 Å². The van der Waals surface area contributed by atoms with Crippen LogP contribution in [0.25, 0.3) is 0 Å². The van der Waals surface area contributed by atoms with Gasteiger partial charge >= 0.3 is 0 Å². The lowest BCUT2D eigenvalue weighted by atomic mass is 10.1. The van der Waals surface area contributed by atoms with Crippen molar-refractivity contribution in [3.63, 3.8) is 0 Å². The summed E-state index contributed by atoms with van der Waals surface area (Å²) in [6, 6.07) is 11.4. The number of guanidine groups is 1. The van der Waals surface area contributed by atoms with Gasteiger partial charge in [-0.25, -0.2) is 18.1 Å². The van der Waals surface area contributed by atoms with E-state index in [-0.39, 0.29) is 35.8 Å². The first-order chi connectivity index (χ1) is 13.4. The van der Waals surface area contributed by atoms with Crippen molar-refractivity contribution in [3.05, 3.63) is 59.9 Å². The SMILES string of the molecule is CCNC(=NCc1ccc(CS(=O)(=O)NC(C)C)cc1)NCCn1cccc1.I. The minimum absolute atomic E-state index is 0. The van der Waals surface area contributed by atoms with Gasteiger partial charge in [-0.15, -0.1) is 24.0 Å². The highest BCUT2D eigenvalue weighted by atomic mass is 127. The van der Waals surface area contributed by atoms with E-state index in [0.717, 1.165) is 36.7 Å². The molecule has 0 unspecified atom stereocenters. The molecule has 0 saturated heterocycles. The van der Waals surface area contributed by atoms with E-state index in [9.17, 15) is 8.42 Å². The average molecular weight is 533 g/mol. The van der Waals surface area contributed by atoms with Gasteiger partial charge in [0.1, 0.15) is 0 Å². The Labute approximate surface area is 191 Å². The van der Waals surface area contributed by atoms with Crippen LogP contribution in [0.1, 0.15) is 31.9 Å². The number of rotatable bonds is 10. The Balaban J connectivity index is 0.00000420. The smallest absolute Gasteiger partial charge is 0.216 e. The van der Waals surface area contributed by atoms with E-state index in [1.165, 1.54) is 0 Å². The second-order valence-electron chi connectivity index (χ2n) is 6.89. The summed E-state index contributed by atoms with van der Waals surface area (Å²) in [6.45, 7) is 8.61. The highest BCUT2D eigenvalue weighted by molar-refractivity contribution is 14.0. The highest BCUT2D eigenvalue weighted by Crippen LogP contribution is 2.09. The maximum atomic E-state index is 12.0. The van der Waals surface area contributed by atoms with Crippen molar-refractivity contribution in [1.82, 2.24) is 19.9 Å². The van der Waals surface area contributed by atoms with Crippen molar-refractivity contribution in [2.75, 3.05) is 13.1 Å². The highest BCUT2D eigenvalue weighted by Gasteiger charge is 2.12. The van der Waals surface area contributed by atoms with Gasteiger partial charge < -0.3 is 15.2 Å². The Morgan fingerprint density at radius 3 is 2.28 bits per heavy atom. The van der Waals surface area contributed by atoms with Crippen molar-refractivity contribution in [2.24, 2.45) is 4.99 Å². The van der Waals surface area contributed by atoms with E-state index in [0.29, 0.717) is 6.54 Å². The van der Waals surface area contributed by atoms with Gasteiger partial charge in [0, 0.05) is 38.1 Å². The maximum Gasteiger partial charge on any atom is 0.216 e. The molecule has 0 spiro atoms. The summed E-state index contributed by atoms with van der Waals surface area (Å²) in [5, 5.41) is 6.56. The molecule has 0 aliphatic rings. The molecule has 0 fully saturated rings. The molecule has 0 aliphatic carbocycles. The average Bonchev–Trinajstić information content (AvgIpc) is 3.13. The lowest BCUT2D eigenvalue weighted by Crippen LogP contribution is -2.38. The van der Waals surface area contributed by atoms with E-state index in [1.54, 1.807) is 0 Å². The van der Waals surface area contributed by atoms with Crippen molar-refractivity contribution in [1.29, 1.82) is 0 Å². The fourth-order valence-electron chi connectivity index (χ4n) is 2.70. The molecule has 0 radical (unpaired) electrons. The Kier molecular flexibility index (Phi) is 11.3. The summed E-state index contributed by atoms with van der Waals surface area (Å²) in [5.74, 6) is 0.751. The quantitative estimate of drug-likeness (QED) is 0.249. The van der Waals surface area contributed by atoms with Gasteiger partial charge in [-0.1, -0.05) is 24.3 Å². The number of hydrogen-bond donors (Lipinski definition) is 3. The van der Waals surface area contributed by atoms with Crippen LogP contribution in [0.15, 0.2) is 53.8 Å². The molecule has 7 nitrogen and oxygen atoms in total. The summed E-state index contributed by atoms with van der Waals surface area (Å²) in [4.78, 5) is 4.60. The van der Waals surface area contributed by atoms with Crippen LogP contribution in [0, 0.1) is 0 Å². The minimum Gasteiger partial charge on any atom is -0.357 e. The Morgan fingerprint density at radius 1 is 1.07 bits per heavy atom. The normalized spacial score (nSPS) is 11.9. The van der Waals surface area contributed by atoms with E-state index in [4.69, 9.17) is 0 Å². The molecule has 1 heterocycles. The monoisotopic (exact) mass is 533 g/mol. The molecule has 0 aliphatic heterocycles. The fraction of sp³-hybridized carbons (Fsp3) is 0.450. The maximum absolute atomic E-state index is 12.0. The second kappa shape index (κ2) is 12.9. The van der Waals surface area contributed by atoms with Crippen LogP contribution < -0.4 is 15.4 Å². The molecule has 0 amide bonds. The van der Waals surface area contributed by atoms with Crippen LogP contribution in [0.3, 0.4) is 0 Å². The first kappa shape index (κ1) is 25.4. The van der Waals surface area contributed by atoms with Gasteiger partial charge in [0.15, 0.2) is 5.96 Å². The predicted octanol–water partition coefficient (Wildman–Crippen LogP) is 2.69. The second-order valence-corrected chi connectivity index (χ2v) is 8.64. The molecule has 3 N–H and O–H groups in total. The zero-order valence-electron chi connectivity index (χ0n) is 17.3. The first-order valence-corrected chi connectivity index (χ1v) is 11.2. The Bertz CT molecular complexity index is 834. The summed E-state index contributed by atoms with van der Waals surface area (Å²) >= 11 is 0. The van der Waals surface area contributed by atoms with Crippen molar-refractivity contribution in [2.45, 2.75) is 45.7 Å². The van der Waals surface area contributed by atoms with Gasteiger partial charge in [0.05, 0.1) is 12.3 Å². The molecule has 0 bridgehead atoms. The fourth-order valence-corrected chi connectivity index (χ4v) is 4.13. The molecule has 1 aromatic carbocycles. The predicted molar refractivity (Wildman–Crippen MR) is 130 cm³/mol. The molecular formula is C20H32IN5O2S. The van der Waals surface area contributed by atoms with Gasteiger partial charge in [-0.05, 0) is 44.0 Å². The van der Waals surface area contributed by atoms with Crippen LogP contribution in [-0.2, 0) is 28.9 Å². The molecular weight excluding hydrogens is 501 g/mol. The number of nitrogens with zero attached hydrogens (tertiary/aromatic N) is 2. The molecule has 162 valence electrons. The van der Waals surface area contributed by atoms with Crippen molar-refractivity contribution < 1.29 is 8.42 Å². The number of benzene rings is 1. The van der Waals surface area contributed by atoms with Crippen LogP contribution in [0.5, 0.6) is 0 Å². The number of aromatic nitrogens is 1. The van der Waals surface area contributed by atoms with Crippen molar-refractivity contribution in [3.8, 4) is 0 Å². The van der Waals surface area contributed by atoms with Gasteiger partial charge in [0.2, 0.25) is 10.0 Å². The lowest BCUT2D eigenvalue weighted by molar-refractivity contribution is 0.569. The molecule has 0 saturated carbocycles. The third kappa shape index (κ3) is 10.1. The zero-order valence-corrected chi connectivity index (χ0v) is 20.4. The first-order valence-electron chi connectivity index (χ1n) is 9.58. The van der Waals surface area contributed by atoms with E-state index < -0.39 is 10.0 Å². The molecule has 29 heavy (non-hydrogen) atoms. The molecule has 0 atom stereocenters. The number of hydrogen-bond acceptors (Lipinski definition) is 3. The summed E-state index contributed by atoms with van der Waals surface area (Å²) in [6.07, 6.45) is 4.06. The van der Waals surface area contributed by atoms with E-state index in [1.807, 2.05) is 69.6 Å². The summed E-state index contributed by atoms with van der Waals surface area (Å²) < 4.78 is 28.7. The minimum atomic E-state index is -3.31. The van der Waals surface area contributed by atoms with Crippen molar-refractivity contribution >= 4 is 40.0 Å². The molecule has 2 aromatic rings. The summed E-state index contributed by atoms with van der Waals surface area (Å²) in [7, 11) is -3.31. The number of aliphatic imine (C=N–C) groups is 1. The summed E-state index contributed by atoms with van der Waals surface area (Å²) in [5.41, 5.74) is 1.79. The van der Waals surface area contributed by atoms with E-state index in [2.05, 4.69) is 24.9 Å². The van der Waals surface area contributed by atoms with Crippen LogP contribution in [-0.4, -0.2) is 38.1 Å². The standard InChI is InChI=1S/C20H31N5O2S.HI/c1-4-21-20(22-11-14-25-12-5-6-13-25)23-15-18-7-9-19(10-8-18)16-28(26,27)24-17(2)3;/h5-10,12-13,17,24H,4,11,14-16H2,1-3H3,(H2,21,22,23);1H.